The normalized spacial score (nSPS) is 12.5. The second-order valence-electron chi connectivity index (χ2n) is 4.30. The van der Waals surface area contributed by atoms with E-state index in [4.69, 9.17) is 18.0 Å². The fourth-order valence-corrected chi connectivity index (χ4v) is 1.98. The average Bonchev–Trinajstić information content (AvgIpc) is 2.59. The Kier molecular flexibility index (Phi) is 4.62. The van der Waals surface area contributed by atoms with E-state index in [1.165, 1.54) is 0 Å². The van der Waals surface area contributed by atoms with E-state index in [0.29, 0.717) is 6.54 Å². The zero-order chi connectivity index (χ0) is 13.0. The Morgan fingerprint density at radius 2 is 2.29 bits per heavy atom. The third-order valence-corrected chi connectivity index (χ3v) is 2.85. The Morgan fingerprint density at radius 3 is 2.71 bits per heavy atom. The monoisotopic (exact) mass is 254 g/mol. The van der Waals surface area contributed by atoms with Crippen LogP contribution in [0.5, 0.6) is 0 Å². The van der Waals surface area contributed by atoms with Crippen molar-refractivity contribution in [3.63, 3.8) is 0 Å². The first-order valence-corrected chi connectivity index (χ1v) is 5.87. The number of imidazole rings is 1. The van der Waals surface area contributed by atoms with Crippen LogP contribution in [-0.4, -0.2) is 20.4 Å². The van der Waals surface area contributed by atoms with Gasteiger partial charge in [-0.15, -0.1) is 0 Å². The summed E-state index contributed by atoms with van der Waals surface area (Å²) < 4.78 is 1.85. The van der Waals surface area contributed by atoms with Crippen molar-refractivity contribution in [3.8, 4) is 0 Å². The number of amides is 1. The molecule has 1 atom stereocenters. The molecule has 1 heterocycles. The summed E-state index contributed by atoms with van der Waals surface area (Å²) >= 11 is 4.91. The van der Waals surface area contributed by atoms with Crippen LogP contribution in [0.15, 0.2) is 12.4 Å². The lowest BCUT2D eigenvalue weighted by atomic mass is 9.95. The Labute approximate surface area is 106 Å². The molecule has 0 radical (unpaired) electrons. The van der Waals surface area contributed by atoms with Gasteiger partial charge in [0, 0.05) is 19.4 Å². The van der Waals surface area contributed by atoms with Crippen LogP contribution in [0.4, 0.5) is 0 Å². The van der Waals surface area contributed by atoms with E-state index in [0.717, 1.165) is 5.82 Å². The van der Waals surface area contributed by atoms with Crippen LogP contribution in [0, 0.1) is 11.8 Å². The van der Waals surface area contributed by atoms with E-state index in [2.05, 4.69) is 10.3 Å². The van der Waals surface area contributed by atoms with Gasteiger partial charge in [-0.2, -0.15) is 0 Å². The summed E-state index contributed by atoms with van der Waals surface area (Å²) in [6.07, 6.45) is 3.52. The number of carbonyl (C=O) groups is 1. The first kappa shape index (κ1) is 13.6. The number of aromatic nitrogens is 2. The maximum absolute atomic E-state index is 11.9. The predicted octanol–water partition coefficient (Wildman–Crippen LogP) is 0.595. The molecule has 0 saturated carbocycles. The summed E-state index contributed by atoms with van der Waals surface area (Å²) in [6, 6.07) is 0. The van der Waals surface area contributed by atoms with Gasteiger partial charge in [0.05, 0.1) is 17.5 Å². The largest absolute Gasteiger partial charge is 0.393 e. The van der Waals surface area contributed by atoms with Crippen LogP contribution in [0.3, 0.4) is 0 Å². The van der Waals surface area contributed by atoms with Gasteiger partial charge in [-0.1, -0.05) is 26.1 Å². The van der Waals surface area contributed by atoms with Gasteiger partial charge < -0.3 is 15.6 Å². The first-order valence-electron chi connectivity index (χ1n) is 5.46. The zero-order valence-electron chi connectivity index (χ0n) is 10.3. The fraction of sp³-hybridized carbons (Fsp3) is 0.545. The number of carbonyl (C=O) groups excluding carboxylic acids is 1. The highest BCUT2D eigenvalue weighted by molar-refractivity contribution is 7.80. The quantitative estimate of drug-likeness (QED) is 0.755. The molecule has 0 spiro atoms. The van der Waals surface area contributed by atoms with Gasteiger partial charge in [-0.05, 0) is 5.92 Å². The van der Waals surface area contributed by atoms with Crippen molar-refractivity contribution < 1.29 is 4.79 Å². The number of hydrogen-bond acceptors (Lipinski definition) is 3. The lowest BCUT2D eigenvalue weighted by Crippen LogP contribution is -2.40. The maximum atomic E-state index is 11.9. The number of hydrogen-bond donors (Lipinski definition) is 2. The molecule has 0 bridgehead atoms. The molecule has 6 heteroatoms. The molecular formula is C11H18N4OS. The molecule has 0 aliphatic carbocycles. The third-order valence-electron chi connectivity index (χ3n) is 2.60. The fourth-order valence-electron chi connectivity index (χ4n) is 1.60. The van der Waals surface area contributed by atoms with Gasteiger partial charge in [0.2, 0.25) is 5.91 Å². The Hall–Kier alpha value is -1.43. The van der Waals surface area contributed by atoms with Gasteiger partial charge in [0.15, 0.2) is 0 Å². The third kappa shape index (κ3) is 3.52. The predicted molar refractivity (Wildman–Crippen MR) is 70.2 cm³/mol. The molecule has 1 unspecified atom stereocenters. The smallest absolute Gasteiger partial charge is 0.230 e. The molecular weight excluding hydrogens is 236 g/mol. The molecule has 0 fully saturated rings. The van der Waals surface area contributed by atoms with Crippen molar-refractivity contribution in [1.82, 2.24) is 14.9 Å². The molecule has 94 valence electrons. The number of rotatable bonds is 5. The number of thiocarbonyl (C=S) groups is 1. The number of nitrogens with two attached hydrogens (primary N) is 1. The Balaban J connectivity index is 2.60. The molecule has 0 aromatic carbocycles. The second kappa shape index (κ2) is 5.77. The number of nitrogens with zero attached hydrogens (tertiary/aromatic N) is 2. The Bertz CT molecular complexity index is 413. The first-order chi connectivity index (χ1) is 7.93. The molecule has 1 rings (SSSR count). The summed E-state index contributed by atoms with van der Waals surface area (Å²) in [5, 5.41) is 2.80. The van der Waals surface area contributed by atoms with Gasteiger partial charge in [-0.25, -0.2) is 4.98 Å². The molecule has 0 aliphatic rings. The maximum Gasteiger partial charge on any atom is 0.230 e. The van der Waals surface area contributed by atoms with Crippen LogP contribution >= 0.6 is 12.2 Å². The van der Waals surface area contributed by atoms with Crippen LogP contribution in [0.1, 0.15) is 19.7 Å². The molecule has 1 aromatic heterocycles. The summed E-state index contributed by atoms with van der Waals surface area (Å²) in [5.74, 6) is 0.318. The highest BCUT2D eigenvalue weighted by atomic mass is 32.1. The van der Waals surface area contributed by atoms with E-state index in [1.54, 1.807) is 6.20 Å². The van der Waals surface area contributed by atoms with Gasteiger partial charge in [0.25, 0.3) is 0 Å². The highest BCUT2D eigenvalue weighted by Crippen LogP contribution is 2.11. The Morgan fingerprint density at radius 1 is 1.65 bits per heavy atom. The molecule has 17 heavy (non-hydrogen) atoms. The van der Waals surface area contributed by atoms with E-state index in [9.17, 15) is 4.79 Å². The number of nitrogens with one attached hydrogen (secondary N) is 1. The van der Waals surface area contributed by atoms with Crippen molar-refractivity contribution in [3.05, 3.63) is 18.2 Å². The molecule has 3 N–H and O–H groups in total. The highest BCUT2D eigenvalue weighted by Gasteiger charge is 2.24. The van der Waals surface area contributed by atoms with Crippen LogP contribution in [-0.2, 0) is 18.4 Å². The molecule has 1 amide bonds. The molecule has 5 nitrogen and oxygen atoms in total. The lowest BCUT2D eigenvalue weighted by Gasteiger charge is -2.18. The summed E-state index contributed by atoms with van der Waals surface area (Å²) in [6.45, 7) is 4.22. The average molecular weight is 254 g/mol. The zero-order valence-corrected chi connectivity index (χ0v) is 11.1. The lowest BCUT2D eigenvalue weighted by molar-refractivity contribution is -0.124. The van der Waals surface area contributed by atoms with Crippen molar-refractivity contribution in [2.45, 2.75) is 20.4 Å². The van der Waals surface area contributed by atoms with Gasteiger partial charge in [-0.3, -0.25) is 4.79 Å². The summed E-state index contributed by atoms with van der Waals surface area (Å²) in [4.78, 5) is 16.3. The van der Waals surface area contributed by atoms with Crippen molar-refractivity contribution in [1.29, 1.82) is 0 Å². The minimum Gasteiger partial charge on any atom is -0.393 e. The van der Waals surface area contributed by atoms with Crippen LogP contribution in [0.2, 0.25) is 0 Å². The minimum absolute atomic E-state index is 0.0915. The van der Waals surface area contributed by atoms with E-state index in [1.807, 2.05) is 31.7 Å². The van der Waals surface area contributed by atoms with Crippen LogP contribution in [0.25, 0.3) is 0 Å². The molecule has 0 aliphatic heterocycles. The van der Waals surface area contributed by atoms with Gasteiger partial charge in [0.1, 0.15) is 5.82 Å². The van der Waals surface area contributed by atoms with Crippen molar-refractivity contribution in [2.75, 3.05) is 0 Å². The van der Waals surface area contributed by atoms with Gasteiger partial charge >= 0.3 is 0 Å². The van der Waals surface area contributed by atoms with E-state index < -0.39 is 5.92 Å². The number of aryl methyl sites for hydroxylation is 1. The molecule has 1 aromatic rings. The van der Waals surface area contributed by atoms with Crippen molar-refractivity contribution >= 4 is 23.1 Å². The van der Waals surface area contributed by atoms with E-state index in [-0.39, 0.29) is 16.8 Å². The topological polar surface area (TPSA) is 72.9 Å². The van der Waals surface area contributed by atoms with Crippen molar-refractivity contribution in [2.24, 2.45) is 24.6 Å². The standard InChI is InChI=1S/C11H18N4OS/c1-7(2)9(10(12)17)11(16)14-6-8-13-4-5-15(8)3/h4-5,7,9H,6H2,1-3H3,(H2,12,17)(H,14,16). The summed E-state index contributed by atoms with van der Waals surface area (Å²) in [7, 11) is 1.88. The van der Waals surface area contributed by atoms with Crippen LogP contribution < -0.4 is 11.1 Å². The SMILES string of the molecule is CC(C)C(C(=O)NCc1nccn1C)C(N)=S. The minimum atomic E-state index is -0.426. The summed E-state index contributed by atoms with van der Waals surface area (Å²) in [5.41, 5.74) is 5.57. The van der Waals surface area contributed by atoms with E-state index >= 15 is 0 Å². The molecule has 0 saturated heterocycles. The second-order valence-corrected chi connectivity index (χ2v) is 4.77.